The van der Waals surface area contributed by atoms with Crippen LogP contribution < -0.4 is 5.32 Å². The molecule has 1 fully saturated rings. The maximum Gasteiger partial charge on any atom is 0.249 e. The van der Waals surface area contributed by atoms with Crippen LogP contribution in [0.3, 0.4) is 0 Å². The lowest BCUT2D eigenvalue weighted by molar-refractivity contribution is -0.130. The first-order valence-electron chi connectivity index (χ1n) is 6.98. The molecule has 1 saturated heterocycles. The number of amides is 1. The van der Waals surface area contributed by atoms with E-state index in [1.165, 1.54) is 6.07 Å². The molecule has 1 aliphatic rings. The maximum absolute atomic E-state index is 13.7. The summed E-state index contributed by atoms with van der Waals surface area (Å²) in [5, 5.41) is 11.4. The predicted octanol–water partition coefficient (Wildman–Crippen LogP) is 1.35. The lowest BCUT2D eigenvalue weighted by Gasteiger charge is -2.11. The van der Waals surface area contributed by atoms with Crippen molar-refractivity contribution < 1.29 is 19.0 Å². The van der Waals surface area contributed by atoms with Crippen LogP contribution in [0.2, 0.25) is 0 Å². The van der Waals surface area contributed by atoms with E-state index < -0.39 is 6.10 Å². The van der Waals surface area contributed by atoms with Crippen LogP contribution in [0.5, 0.6) is 0 Å². The first kappa shape index (κ1) is 15.5. The molecular formula is C16H18FNO3. The average Bonchev–Trinajstić information content (AvgIpc) is 3.02. The van der Waals surface area contributed by atoms with E-state index in [9.17, 15) is 9.18 Å². The van der Waals surface area contributed by atoms with Gasteiger partial charge in [-0.3, -0.25) is 4.79 Å². The molecule has 1 aromatic carbocycles. The summed E-state index contributed by atoms with van der Waals surface area (Å²) in [6.07, 6.45) is 1.55. The Balaban J connectivity index is 1.97. The van der Waals surface area contributed by atoms with Gasteiger partial charge in [0.15, 0.2) is 0 Å². The Morgan fingerprint density at radius 2 is 2.38 bits per heavy atom. The molecule has 21 heavy (non-hydrogen) atoms. The minimum atomic E-state index is -0.416. The van der Waals surface area contributed by atoms with Gasteiger partial charge in [0.2, 0.25) is 5.91 Å². The van der Waals surface area contributed by atoms with E-state index in [1.807, 2.05) is 0 Å². The second-order valence-electron chi connectivity index (χ2n) is 4.80. The third kappa shape index (κ3) is 4.55. The molecule has 0 spiro atoms. The van der Waals surface area contributed by atoms with Gasteiger partial charge in [0.1, 0.15) is 11.9 Å². The minimum Gasteiger partial charge on any atom is -0.395 e. The number of carbonyl (C=O) groups is 1. The van der Waals surface area contributed by atoms with Crippen LogP contribution in [0.25, 0.3) is 0 Å². The van der Waals surface area contributed by atoms with Crippen molar-refractivity contribution in [1.29, 1.82) is 0 Å². The summed E-state index contributed by atoms with van der Waals surface area (Å²) in [6.45, 7) is 0.709. The van der Waals surface area contributed by atoms with Gasteiger partial charge in [-0.1, -0.05) is 11.8 Å². The molecule has 0 aliphatic carbocycles. The first-order chi connectivity index (χ1) is 10.2. The van der Waals surface area contributed by atoms with Crippen molar-refractivity contribution in [2.75, 3.05) is 13.2 Å². The number of benzene rings is 1. The van der Waals surface area contributed by atoms with Gasteiger partial charge in [-0.25, -0.2) is 4.39 Å². The first-order valence-corrected chi connectivity index (χ1v) is 6.98. The smallest absolute Gasteiger partial charge is 0.249 e. The number of ether oxygens (including phenoxy) is 1. The molecule has 0 radical (unpaired) electrons. The fourth-order valence-electron chi connectivity index (χ4n) is 2.09. The Kier molecular flexibility index (Phi) is 5.73. The molecule has 1 atom stereocenters. The Morgan fingerprint density at radius 1 is 1.52 bits per heavy atom. The molecular weight excluding hydrogens is 273 g/mol. The molecule has 112 valence electrons. The summed E-state index contributed by atoms with van der Waals surface area (Å²) >= 11 is 0. The number of hydrogen-bond donors (Lipinski definition) is 2. The van der Waals surface area contributed by atoms with Gasteiger partial charge < -0.3 is 15.2 Å². The van der Waals surface area contributed by atoms with Crippen molar-refractivity contribution in [2.24, 2.45) is 0 Å². The maximum atomic E-state index is 13.7. The molecule has 2 rings (SSSR count). The number of hydrogen-bond acceptors (Lipinski definition) is 3. The molecule has 2 N–H and O–H groups in total. The van der Waals surface area contributed by atoms with Gasteiger partial charge in [0, 0.05) is 30.7 Å². The van der Waals surface area contributed by atoms with Gasteiger partial charge >= 0.3 is 0 Å². The van der Waals surface area contributed by atoms with Crippen LogP contribution in [0.15, 0.2) is 18.2 Å². The molecule has 1 unspecified atom stereocenters. The van der Waals surface area contributed by atoms with Crippen molar-refractivity contribution in [3.8, 4) is 11.8 Å². The Hall–Kier alpha value is -1.90. The molecule has 5 heteroatoms. The zero-order chi connectivity index (χ0) is 15.1. The molecule has 1 aromatic rings. The fraction of sp³-hybridized carbons (Fsp3) is 0.438. The van der Waals surface area contributed by atoms with Gasteiger partial charge in [-0.2, -0.15) is 0 Å². The average molecular weight is 291 g/mol. The number of nitrogens with one attached hydrogen (secondary N) is 1. The summed E-state index contributed by atoms with van der Waals surface area (Å²) in [5.74, 6) is 5.04. The highest BCUT2D eigenvalue weighted by atomic mass is 19.1. The van der Waals surface area contributed by atoms with E-state index in [4.69, 9.17) is 9.84 Å². The van der Waals surface area contributed by atoms with E-state index in [1.54, 1.807) is 12.1 Å². The molecule has 4 nitrogen and oxygen atoms in total. The summed E-state index contributed by atoms with van der Waals surface area (Å²) in [7, 11) is 0. The van der Waals surface area contributed by atoms with Gasteiger partial charge in [0.05, 0.1) is 6.61 Å². The highest BCUT2D eigenvalue weighted by Crippen LogP contribution is 2.13. The van der Waals surface area contributed by atoms with Crippen LogP contribution in [0.1, 0.15) is 30.4 Å². The van der Waals surface area contributed by atoms with Crippen LogP contribution in [-0.4, -0.2) is 30.3 Å². The van der Waals surface area contributed by atoms with Crippen LogP contribution in [-0.2, 0) is 16.1 Å². The zero-order valence-electron chi connectivity index (χ0n) is 11.7. The SMILES string of the molecule is O=C(NCc1cc(C#CCCO)ccc1F)C1CCCO1. The summed E-state index contributed by atoms with van der Waals surface area (Å²) in [5.41, 5.74) is 1.04. The fourth-order valence-corrected chi connectivity index (χ4v) is 2.09. The van der Waals surface area contributed by atoms with Gasteiger partial charge in [-0.15, -0.1) is 0 Å². The van der Waals surface area contributed by atoms with Crippen molar-refractivity contribution >= 4 is 5.91 Å². The van der Waals surface area contributed by atoms with Crippen LogP contribution in [0, 0.1) is 17.7 Å². The topological polar surface area (TPSA) is 58.6 Å². The molecule has 1 heterocycles. The second-order valence-corrected chi connectivity index (χ2v) is 4.80. The Bertz CT molecular complexity index is 556. The van der Waals surface area contributed by atoms with Crippen molar-refractivity contribution in [3.63, 3.8) is 0 Å². The molecule has 1 aliphatic heterocycles. The monoisotopic (exact) mass is 291 g/mol. The second kappa shape index (κ2) is 7.77. The molecule has 0 bridgehead atoms. The molecule has 1 amide bonds. The Labute approximate surface area is 123 Å². The van der Waals surface area contributed by atoms with E-state index in [-0.39, 0.29) is 24.9 Å². The third-order valence-corrected chi connectivity index (χ3v) is 3.19. The number of halogens is 1. The van der Waals surface area contributed by atoms with Crippen LogP contribution in [0.4, 0.5) is 4.39 Å². The third-order valence-electron chi connectivity index (χ3n) is 3.19. The van der Waals surface area contributed by atoms with E-state index >= 15 is 0 Å². The molecule has 0 saturated carbocycles. The van der Waals surface area contributed by atoms with Gasteiger partial charge in [0.25, 0.3) is 0 Å². The normalized spacial score (nSPS) is 17.1. The lowest BCUT2D eigenvalue weighted by Crippen LogP contribution is -2.33. The van der Waals surface area contributed by atoms with Gasteiger partial charge in [-0.05, 0) is 31.0 Å². The lowest BCUT2D eigenvalue weighted by atomic mass is 10.1. The minimum absolute atomic E-state index is 0.00149. The van der Waals surface area contributed by atoms with E-state index in [0.29, 0.717) is 30.6 Å². The van der Waals surface area contributed by atoms with E-state index in [2.05, 4.69) is 17.2 Å². The predicted molar refractivity (Wildman–Crippen MR) is 75.8 cm³/mol. The number of aliphatic hydroxyl groups excluding tert-OH is 1. The highest BCUT2D eigenvalue weighted by Gasteiger charge is 2.23. The van der Waals surface area contributed by atoms with Crippen molar-refractivity contribution in [1.82, 2.24) is 5.32 Å². The largest absolute Gasteiger partial charge is 0.395 e. The number of rotatable bonds is 4. The zero-order valence-corrected chi connectivity index (χ0v) is 11.7. The standard InChI is InChI=1S/C16H18FNO3/c17-14-7-6-12(4-1-2-8-19)10-13(14)11-18-16(20)15-5-3-9-21-15/h6-7,10,15,19H,2-3,5,8-9,11H2,(H,18,20). The van der Waals surface area contributed by atoms with Crippen LogP contribution >= 0.6 is 0 Å². The number of carbonyl (C=O) groups excluding carboxylic acids is 1. The number of aliphatic hydroxyl groups is 1. The highest BCUT2D eigenvalue weighted by molar-refractivity contribution is 5.80. The van der Waals surface area contributed by atoms with Crippen molar-refractivity contribution in [2.45, 2.75) is 31.9 Å². The molecule has 0 aromatic heterocycles. The summed E-state index contributed by atoms with van der Waals surface area (Å²) in [4.78, 5) is 11.8. The summed E-state index contributed by atoms with van der Waals surface area (Å²) < 4.78 is 19.0. The van der Waals surface area contributed by atoms with E-state index in [0.717, 1.165) is 6.42 Å². The van der Waals surface area contributed by atoms with Crippen molar-refractivity contribution in [3.05, 3.63) is 35.1 Å². The summed E-state index contributed by atoms with van der Waals surface area (Å²) in [6, 6.07) is 4.51. The Morgan fingerprint density at radius 3 is 3.10 bits per heavy atom. The quantitative estimate of drug-likeness (QED) is 0.823.